The second kappa shape index (κ2) is 14.2. The Bertz CT molecular complexity index is 3300. The van der Waals surface area contributed by atoms with E-state index >= 15 is 0 Å². The third-order valence-electron chi connectivity index (χ3n) is 13.0. The Morgan fingerprint density at radius 1 is 0.426 bits per heavy atom. The molecule has 1 heterocycles. The topological polar surface area (TPSA) is 3.24 Å². The first-order valence-corrected chi connectivity index (χ1v) is 22.2. The Hall–Kier alpha value is -6.74. The largest absolute Gasteiger partial charge is 0.309 e. The third-order valence-corrected chi connectivity index (χ3v) is 14.1. The molecule has 0 fully saturated rings. The predicted octanol–water partition coefficient (Wildman–Crippen LogP) is 17.3. The Morgan fingerprint density at radius 3 is 1.79 bits per heavy atom. The van der Waals surface area contributed by atoms with Gasteiger partial charge in [0.25, 0.3) is 0 Å². The molecule has 61 heavy (non-hydrogen) atoms. The summed E-state index contributed by atoms with van der Waals surface area (Å²) in [5.41, 5.74) is 17.3. The fourth-order valence-corrected chi connectivity index (χ4v) is 11.2. The molecule has 0 saturated carbocycles. The molecule has 2 heteroatoms. The molecule has 1 aromatic heterocycles. The van der Waals surface area contributed by atoms with E-state index in [1.54, 1.807) is 0 Å². The van der Waals surface area contributed by atoms with Gasteiger partial charge in [-0.25, -0.2) is 0 Å². The second-order valence-electron chi connectivity index (χ2n) is 18.1. The molecule has 9 aromatic carbocycles. The van der Waals surface area contributed by atoms with Crippen LogP contribution in [0.4, 0.5) is 17.1 Å². The van der Waals surface area contributed by atoms with E-state index in [9.17, 15) is 0 Å². The Morgan fingerprint density at radius 2 is 1.02 bits per heavy atom. The lowest BCUT2D eigenvalue weighted by Crippen LogP contribution is -2.21. The molecule has 0 N–H and O–H groups in total. The van der Waals surface area contributed by atoms with E-state index < -0.39 is 0 Å². The number of anilines is 3. The van der Waals surface area contributed by atoms with E-state index in [1.807, 2.05) is 11.3 Å². The van der Waals surface area contributed by atoms with Crippen LogP contribution in [0.1, 0.15) is 51.3 Å². The van der Waals surface area contributed by atoms with Crippen molar-refractivity contribution in [2.45, 2.75) is 45.4 Å². The van der Waals surface area contributed by atoms with Gasteiger partial charge in [-0.05, 0) is 102 Å². The van der Waals surface area contributed by atoms with Crippen molar-refractivity contribution in [1.29, 1.82) is 0 Å². The maximum atomic E-state index is 2.62. The summed E-state index contributed by atoms with van der Waals surface area (Å²) in [6, 6.07) is 72.5. The van der Waals surface area contributed by atoms with Gasteiger partial charge in [-0.1, -0.05) is 198 Å². The second-order valence-corrected chi connectivity index (χ2v) is 19.2. The summed E-state index contributed by atoms with van der Waals surface area (Å²) in [4.78, 5) is 2.62. The van der Waals surface area contributed by atoms with E-state index in [0.29, 0.717) is 0 Å². The standard InChI is InChI=1S/C59H47NS/c1-58(2,3)42-34-32-39(33-35-42)43-22-10-13-29-50(43)60(51-30-17-27-47-46-23-9-12-28-49(46)59(4,5)57(47)51)52-36-41(37-54-56(52)48-24-11-14-31-53(48)61-54)45-26-16-21-40-20-15-25-44(55(40)45)38-18-7-6-8-19-38/h6-37H,1-5H3. The van der Waals surface area contributed by atoms with Crippen LogP contribution in [0, 0.1) is 0 Å². The lowest BCUT2D eigenvalue weighted by Gasteiger charge is -2.34. The van der Waals surface area contributed by atoms with Gasteiger partial charge in [-0.2, -0.15) is 0 Å². The Labute approximate surface area is 363 Å². The number of rotatable bonds is 6. The Balaban J connectivity index is 1.26. The van der Waals surface area contributed by atoms with Gasteiger partial charge in [-0.15, -0.1) is 11.3 Å². The monoisotopic (exact) mass is 801 g/mol. The highest BCUT2D eigenvalue weighted by atomic mass is 32.1. The van der Waals surface area contributed by atoms with E-state index in [0.717, 1.165) is 5.69 Å². The summed E-state index contributed by atoms with van der Waals surface area (Å²) in [6.07, 6.45) is 0. The molecule has 0 aliphatic heterocycles. The molecule has 0 unspecified atom stereocenters. The quantitative estimate of drug-likeness (QED) is 0.162. The average molecular weight is 802 g/mol. The van der Waals surface area contributed by atoms with Gasteiger partial charge in [0.15, 0.2) is 0 Å². The zero-order chi connectivity index (χ0) is 41.5. The summed E-state index contributed by atoms with van der Waals surface area (Å²) in [5.74, 6) is 0. The van der Waals surface area contributed by atoms with E-state index in [1.165, 1.54) is 104 Å². The first kappa shape index (κ1) is 37.3. The normalized spacial score (nSPS) is 13.1. The molecule has 1 aliphatic carbocycles. The van der Waals surface area contributed by atoms with E-state index in [-0.39, 0.29) is 10.8 Å². The maximum absolute atomic E-state index is 2.62. The average Bonchev–Trinajstić information content (AvgIpc) is 3.78. The van der Waals surface area contributed by atoms with Gasteiger partial charge >= 0.3 is 0 Å². The van der Waals surface area contributed by atoms with Gasteiger partial charge in [-0.3, -0.25) is 0 Å². The summed E-state index contributed by atoms with van der Waals surface area (Å²) < 4.78 is 2.56. The number of hydrogen-bond donors (Lipinski definition) is 0. The molecule has 11 rings (SSSR count). The molecular weight excluding hydrogens is 755 g/mol. The molecule has 0 spiro atoms. The molecule has 1 nitrogen and oxygen atoms in total. The molecule has 0 amide bonds. The Kier molecular flexibility index (Phi) is 8.67. The number of para-hydroxylation sites is 1. The molecule has 0 radical (unpaired) electrons. The van der Waals surface area contributed by atoms with Crippen molar-refractivity contribution in [3.63, 3.8) is 0 Å². The SMILES string of the molecule is CC(C)(C)c1ccc(-c2ccccc2N(c2cccc3c2C(C)(C)c2ccccc2-3)c2cc(-c3cccc4cccc(-c5ccccc5)c34)cc3sc4ccccc4c23)cc1. The van der Waals surface area contributed by atoms with Crippen molar-refractivity contribution in [3.05, 3.63) is 211 Å². The number of thiophene rings is 1. The summed E-state index contributed by atoms with van der Waals surface area (Å²) in [7, 11) is 0. The zero-order valence-corrected chi connectivity index (χ0v) is 36.1. The lowest BCUT2D eigenvalue weighted by atomic mass is 9.81. The molecule has 0 bridgehead atoms. The highest BCUT2D eigenvalue weighted by Gasteiger charge is 2.39. The fourth-order valence-electron chi connectivity index (χ4n) is 10.1. The van der Waals surface area contributed by atoms with Crippen molar-refractivity contribution in [1.82, 2.24) is 0 Å². The first-order valence-electron chi connectivity index (χ1n) is 21.4. The number of benzene rings is 9. The summed E-state index contributed by atoms with van der Waals surface area (Å²) >= 11 is 1.89. The van der Waals surface area contributed by atoms with Crippen LogP contribution in [0.2, 0.25) is 0 Å². The van der Waals surface area contributed by atoms with Crippen LogP contribution in [0.15, 0.2) is 194 Å². The minimum absolute atomic E-state index is 0.0588. The first-order chi connectivity index (χ1) is 29.7. The van der Waals surface area contributed by atoms with Crippen LogP contribution in [-0.2, 0) is 10.8 Å². The van der Waals surface area contributed by atoms with Gasteiger partial charge < -0.3 is 4.90 Å². The lowest BCUT2D eigenvalue weighted by molar-refractivity contribution is 0.590. The van der Waals surface area contributed by atoms with Gasteiger partial charge in [0, 0.05) is 31.2 Å². The van der Waals surface area contributed by atoms with Gasteiger partial charge in [0.2, 0.25) is 0 Å². The smallest absolute Gasteiger partial charge is 0.0561 e. The van der Waals surface area contributed by atoms with Crippen molar-refractivity contribution in [3.8, 4) is 44.5 Å². The van der Waals surface area contributed by atoms with Gasteiger partial charge in [0.1, 0.15) is 0 Å². The van der Waals surface area contributed by atoms with Crippen LogP contribution in [0.3, 0.4) is 0 Å². The number of nitrogens with zero attached hydrogens (tertiary/aromatic N) is 1. The number of hydrogen-bond acceptors (Lipinski definition) is 2. The molecular formula is C59H47NS. The summed E-state index contributed by atoms with van der Waals surface area (Å²) in [5, 5.41) is 5.06. The molecule has 10 aromatic rings. The number of fused-ring (bicyclic) bond motifs is 7. The van der Waals surface area contributed by atoms with E-state index in [4.69, 9.17) is 0 Å². The van der Waals surface area contributed by atoms with Crippen LogP contribution >= 0.6 is 11.3 Å². The molecule has 294 valence electrons. The van der Waals surface area contributed by atoms with Crippen molar-refractivity contribution < 1.29 is 0 Å². The zero-order valence-electron chi connectivity index (χ0n) is 35.3. The predicted molar refractivity (Wildman–Crippen MR) is 264 cm³/mol. The maximum Gasteiger partial charge on any atom is 0.0561 e. The third kappa shape index (κ3) is 6.04. The minimum atomic E-state index is -0.238. The highest BCUT2D eigenvalue weighted by molar-refractivity contribution is 7.26. The molecule has 0 saturated heterocycles. The van der Waals surface area contributed by atoms with Crippen molar-refractivity contribution >= 4 is 59.3 Å². The van der Waals surface area contributed by atoms with Crippen LogP contribution in [0.25, 0.3) is 75.5 Å². The van der Waals surface area contributed by atoms with Crippen LogP contribution in [-0.4, -0.2) is 0 Å². The fraction of sp³-hybridized carbons (Fsp3) is 0.119. The van der Waals surface area contributed by atoms with Crippen LogP contribution < -0.4 is 4.90 Å². The van der Waals surface area contributed by atoms with Crippen molar-refractivity contribution in [2.75, 3.05) is 4.90 Å². The highest BCUT2D eigenvalue weighted by Crippen LogP contribution is 2.57. The minimum Gasteiger partial charge on any atom is -0.309 e. The van der Waals surface area contributed by atoms with Crippen LogP contribution in [0.5, 0.6) is 0 Å². The van der Waals surface area contributed by atoms with Crippen molar-refractivity contribution in [2.24, 2.45) is 0 Å². The molecule has 1 aliphatic rings. The van der Waals surface area contributed by atoms with Gasteiger partial charge in [0.05, 0.1) is 17.1 Å². The summed E-state index contributed by atoms with van der Waals surface area (Å²) in [6.45, 7) is 11.7. The van der Waals surface area contributed by atoms with E-state index in [2.05, 4.69) is 234 Å². The molecule has 0 atom stereocenters.